The first-order valence-electron chi connectivity index (χ1n) is 5.85. The summed E-state index contributed by atoms with van der Waals surface area (Å²) in [5, 5.41) is 6.92. The van der Waals surface area contributed by atoms with Crippen LogP contribution in [-0.2, 0) is 9.53 Å². The summed E-state index contributed by atoms with van der Waals surface area (Å²) in [5.41, 5.74) is 0.893. The van der Waals surface area contributed by atoms with Crippen molar-refractivity contribution in [1.29, 1.82) is 0 Å². The fourth-order valence-corrected chi connectivity index (χ4v) is 3.84. The zero-order valence-electron chi connectivity index (χ0n) is 10.3. The molecule has 0 saturated carbocycles. The number of hydrogen-bond acceptors (Lipinski definition) is 4. The molecule has 1 N–H and O–H groups in total. The van der Waals surface area contributed by atoms with Crippen molar-refractivity contribution in [3.8, 4) is 0 Å². The highest BCUT2D eigenvalue weighted by Crippen LogP contribution is 2.30. The quantitative estimate of drug-likeness (QED) is 0.843. The van der Waals surface area contributed by atoms with Crippen molar-refractivity contribution in [3.05, 3.63) is 28.5 Å². The SMILES string of the molecule is COC1(CNC(=O)/C=C/c2ccsc2)CCSC1. The van der Waals surface area contributed by atoms with Gasteiger partial charge in [0.25, 0.3) is 0 Å². The van der Waals surface area contributed by atoms with Crippen LogP contribution in [0.15, 0.2) is 22.9 Å². The van der Waals surface area contributed by atoms with Crippen molar-refractivity contribution in [2.24, 2.45) is 0 Å². The average molecular weight is 283 g/mol. The van der Waals surface area contributed by atoms with Crippen LogP contribution in [0.25, 0.3) is 6.08 Å². The van der Waals surface area contributed by atoms with Gasteiger partial charge in [-0.3, -0.25) is 4.79 Å². The molecule has 1 unspecified atom stereocenters. The van der Waals surface area contributed by atoms with Crippen molar-refractivity contribution in [2.45, 2.75) is 12.0 Å². The lowest BCUT2D eigenvalue weighted by atomic mass is 10.0. The molecule has 0 aliphatic carbocycles. The first-order valence-corrected chi connectivity index (χ1v) is 7.95. The predicted molar refractivity (Wildman–Crippen MR) is 78.0 cm³/mol. The summed E-state index contributed by atoms with van der Waals surface area (Å²) < 4.78 is 5.54. The third-order valence-corrected chi connectivity index (χ3v) is 4.98. The number of carbonyl (C=O) groups excluding carboxylic acids is 1. The van der Waals surface area contributed by atoms with Crippen molar-refractivity contribution in [3.63, 3.8) is 0 Å². The molecule has 1 atom stereocenters. The van der Waals surface area contributed by atoms with E-state index in [0.29, 0.717) is 6.54 Å². The van der Waals surface area contributed by atoms with Crippen LogP contribution in [0.2, 0.25) is 0 Å². The van der Waals surface area contributed by atoms with Crippen LogP contribution in [0.1, 0.15) is 12.0 Å². The number of methoxy groups -OCH3 is 1. The second-order valence-electron chi connectivity index (χ2n) is 4.30. The Morgan fingerprint density at radius 3 is 3.17 bits per heavy atom. The molecular weight excluding hydrogens is 266 g/mol. The Labute approximate surface area is 116 Å². The summed E-state index contributed by atoms with van der Waals surface area (Å²) in [6.45, 7) is 0.587. The van der Waals surface area contributed by atoms with Crippen molar-refractivity contribution < 1.29 is 9.53 Å². The Morgan fingerprint density at radius 2 is 2.56 bits per heavy atom. The minimum Gasteiger partial charge on any atom is -0.376 e. The summed E-state index contributed by atoms with van der Waals surface area (Å²) in [4.78, 5) is 11.7. The maximum Gasteiger partial charge on any atom is 0.244 e. The third-order valence-electron chi connectivity index (χ3n) is 3.06. The highest BCUT2D eigenvalue weighted by atomic mass is 32.2. The lowest BCUT2D eigenvalue weighted by molar-refractivity contribution is -0.117. The van der Waals surface area contributed by atoms with Gasteiger partial charge in [-0.05, 0) is 40.6 Å². The van der Waals surface area contributed by atoms with Gasteiger partial charge in [0, 0.05) is 25.5 Å². The van der Waals surface area contributed by atoms with Gasteiger partial charge in [0.1, 0.15) is 0 Å². The van der Waals surface area contributed by atoms with E-state index in [1.54, 1.807) is 24.5 Å². The van der Waals surface area contributed by atoms with E-state index in [1.165, 1.54) is 0 Å². The molecule has 0 aromatic carbocycles. The summed E-state index contributed by atoms with van der Waals surface area (Å²) >= 11 is 3.50. The highest BCUT2D eigenvalue weighted by molar-refractivity contribution is 7.99. The number of nitrogens with one attached hydrogen (secondary N) is 1. The molecule has 1 aromatic heterocycles. The van der Waals surface area contributed by atoms with Gasteiger partial charge in [-0.2, -0.15) is 23.1 Å². The topological polar surface area (TPSA) is 38.3 Å². The second kappa shape index (κ2) is 6.41. The van der Waals surface area contributed by atoms with Gasteiger partial charge in [-0.25, -0.2) is 0 Å². The molecule has 98 valence electrons. The summed E-state index contributed by atoms with van der Waals surface area (Å²) in [6.07, 6.45) is 4.41. The summed E-state index contributed by atoms with van der Waals surface area (Å²) in [7, 11) is 1.72. The van der Waals surface area contributed by atoms with Gasteiger partial charge >= 0.3 is 0 Å². The van der Waals surface area contributed by atoms with E-state index in [0.717, 1.165) is 23.5 Å². The number of carbonyl (C=O) groups is 1. The number of hydrogen-bond donors (Lipinski definition) is 1. The Hall–Kier alpha value is -0.780. The minimum atomic E-state index is -0.170. The first-order chi connectivity index (χ1) is 8.74. The zero-order chi connectivity index (χ0) is 12.8. The van der Waals surface area contributed by atoms with E-state index in [2.05, 4.69) is 5.32 Å². The normalized spacial score (nSPS) is 23.6. The van der Waals surface area contributed by atoms with Crippen molar-refractivity contribution >= 4 is 35.1 Å². The van der Waals surface area contributed by atoms with E-state index in [9.17, 15) is 4.79 Å². The van der Waals surface area contributed by atoms with Gasteiger partial charge in [0.05, 0.1) is 5.60 Å². The number of ether oxygens (including phenoxy) is 1. The molecule has 1 aromatic rings. The lowest BCUT2D eigenvalue weighted by Gasteiger charge is -2.26. The van der Waals surface area contributed by atoms with Crippen LogP contribution in [0.3, 0.4) is 0 Å². The Morgan fingerprint density at radius 1 is 1.67 bits per heavy atom. The predicted octanol–water partition coefficient (Wildman–Crippen LogP) is 2.40. The number of thioether (sulfide) groups is 1. The first kappa shape index (κ1) is 13.6. The van der Waals surface area contributed by atoms with Crippen LogP contribution < -0.4 is 5.32 Å². The molecule has 1 aliphatic heterocycles. The third kappa shape index (κ3) is 3.60. The highest BCUT2D eigenvalue weighted by Gasteiger charge is 2.34. The monoisotopic (exact) mass is 283 g/mol. The largest absolute Gasteiger partial charge is 0.376 e. The van der Waals surface area contributed by atoms with E-state index >= 15 is 0 Å². The van der Waals surface area contributed by atoms with Gasteiger partial charge < -0.3 is 10.1 Å². The fraction of sp³-hybridized carbons (Fsp3) is 0.462. The van der Waals surface area contributed by atoms with Crippen LogP contribution in [0, 0.1) is 0 Å². The minimum absolute atomic E-state index is 0.0606. The molecule has 3 nitrogen and oxygen atoms in total. The molecule has 2 rings (SSSR count). The van der Waals surface area contributed by atoms with E-state index < -0.39 is 0 Å². The molecule has 5 heteroatoms. The Balaban J connectivity index is 1.81. The Bertz CT molecular complexity index is 409. The van der Waals surface area contributed by atoms with Crippen LogP contribution in [0.5, 0.6) is 0 Å². The molecule has 1 aliphatic rings. The maximum atomic E-state index is 11.7. The molecule has 0 spiro atoms. The number of amides is 1. The molecule has 0 bridgehead atoms. The molecule has 2 heterocycles. The van der Waals surface area contributed by atoms with Gasteiger partial charge in [-0.1, -0.05) is 0 Å². The molecule has 1 saturated heterocycles. The molecule has 1 fully saturated rings. The van der Waals surface area contributed by atoms with E-state index in [1.807, 2.05) is 34.7 Å². The van der Waals surface area contributed by atoms with E-state index in [4.69, 9.17) is 4.74 Å². The van der Waals surface area contributed by atoms with Crippen molar-refractivity contribution in [2.75, 3.05) is 25.2 Å². The number of rotatable bonds is 5. The van der Waals surface area contributed by atoms with Gasteiger partial charge in [-0.15, -0.1) is 0 Å². The fourth-order valence-electron chi connectivity index (χ4n) is 1.81. The van der Waals surface area contributed by atoms with Crippen LogP contribution >= 0.6 is 23.1 Å². The van der Waals surface area contributed by atoms with Gasteiger partial charge in [0.2, 0.25) is 5.91 Å². The Kier molecular flexibility index (Phi) is 4.86. The molecule has 0 radical (unpaired) electrons. The number of thiophene rings is 1. The maximum absolute atomic E-state index is 11.7. The smallest absolute Gasteiger partial charge is 0.244 e. The lowest BCUT2D eigenvalue weighted by Crippen LogP contribution is -2.44. The van der Waals surface area contributed by atoms with Crippen LogP contribution in [0.4, 0.5) is 0 Å². The standard InChI is InChI=1S/C13H17NO2S2/c1-16-13(5-7-18-10-13)9-14-12(15)3-2-11-4-6-17-8-11/h2-4,6,8H,5,7,9-10H2,1H3,(H,14,15)/b3-2+. The molecular formula is C13H17NO2S2. The second-order valence-corrected chi connectivity index (χ2v) is 6.18. The van der Waals surface area contributed by atoms with Gasteiger partial charge in [0.15, 0.2) is 0 Å². The molecule has 1 amide bonds. The zero-order valence-corrected chi connectivity index (χ0v) is 12.0. The summed E-state index contributed by atoms with van der Waals surface area (Å²) in [6, 6.07) is 1.98. The molecule has 18 heavy (non-hydrogen) atoms. The van der Waals surface area contributed by atoms with Crippen molar-refractivity contribution in [1.82, 2.24) is 5.32 Å². The summed E-state index contributed by atoms with van der Waals surface area (Å²) in [5.74, 6) is 2.00. The average Bonchev–Trinajstić information content (AvgIpc) is 3.06. The van der Waals surface area contributed by atoms with E-state index in [-0.39, 0.29) is 11.5 Å². The van der Waals surface area contributed by atoms with Crippen LogP contribution in [-0.4, -0.2) is 36.7 Å².